The van der Waals surface area contributed by atoms with E-state index in [0.717, 1.165) is 42.4 Å². The number of rotatable bonds is 7. The van der Waals surface area contributed by atoms with E-state index < -0.39 is 6.18 Å². The molecule has 2 amide bonds. The van der Waals surface area contributed by atoms with E-state index in [-0.39, 0.29) is 37.0 Å². The largest absolute Gasteiger partial charge is 0.386 e. The summed E-state index contributed by atoms with van der Waals surface area (Å²) in [5.41, 5.74) is 3.28. The van der Waals surface area contributed by atoms with E-state index in [0.29, 0.717) is 17.5 Å². The zero-order valence-corrected chi connectivity index (χ0v) is 22.7. The summed E-state index contributed by atoms with van der Waals surface area (Å²) < 4.78 is 32.8. The predicted molar refractivity (Wildman–Crippen MR) is 137 cm³/mol. The number of alkyl halides is 3. The average molecular weight is 541 g/mol. The summed E-state index contributed by atoms with van der Waals surface area (Å²) in [6.45, 7) is 8.01. The Morgan fingerprint density at radius 3 is 2.41 bits per heavy atom. The third-order valence-corrected chi connectivity index (χ3v) is 8.12. The molecule has 0 N–H and O–H groups in total. The van der Waals surface area contributed by atoms with Gasteiger partial charge in [0.1, 0.15) is 6.54 Å². The fourth-order valence-electron chi connectivity index (χ4n) is 5.35. The standard InChI is InChI=1S/C25H33ClN4O2.C2H3F3/c1-4-16-11-18(16)8-9-28-13-20(5-2)29(14-22(28)31)25(32)24-23(26)21-12-19(17-6-7-17)10-15(3)30(21)27-24;1-2(3,4)5/h10,12,16-18,20H,4-9,11,13-14H2,1-3H3;1H3. The number of amides is 2. The molecule has 3 aliphatic rings. The first kappa shape index (κ1) is 27.7. The number of aryl methyl sites for hydroxylation is 1. The molecule has 37 heavy (non-hydrogen) atoms. The molecule has 3 unspecified atom stereocenters. The molecular formula is C27H36ClF3N4O2. The Labute approximate surface area is 221 Å². The molecule has 3 fully saturated rings. The molecule has 3 heterocycles. The van der Waals surface area contributed by atoms with Gasteiger partial charge in [-0.3, -0.25) is 9.59 Å². The molecular weight excluding hydrogens is 505 g/mol. The molecule has 2 saturated carbocycles. The van der Waals surface area contributed by atoms with Gasteiger partial charge in [0.15, 0.2) is 5.69 Å². The van der Waals surface area contributed by atoms with E-state index in [1.807, 2.05) is 11.8 Å². The summed E-state index contributed by atoms with van der Waals surface area (Å²) in [7, 11) is 0. The van der Waals surface area contributed by atoms with Gasteiger partial charge in [0.05, 0.1) is 10.5 Å². The molecule has 10 heteroatoms. The number of halogens is 4. The fraction of sp³-hybridized carbons (Fsp3) is 0.667. The first-order chi connectivity index (χ1) is 17.4. The molecule has 2 aromatic rings. The molecule has 5 rings (SSSR count). The maximum absolute atomic E-state index is 13.5. The second-order valence-electron chi connectivity index (χ2n) is 10.7. The van der Waals surface area contributed by atoms with E-state index in [2.05, 4.69) is 31.1 Å². The van der Waals surface area contributed by atoms with E-state index in [1.165, 1.54) is 31.2 Å². The van der Waals surface area contributed by atoms with Gasteiger partial charge >= 0.3 is 6.18 Å². The number of piperazine rings is 1. The number of pyridine rings is 1. The lowest BCUT2D eigenvalue weighted by molar-refractivity contribution is -0.137. The highest BCUT2D eigenvalue weighted by Gasteiger charge is 2.39. The Balaban J connectivity index is 0.000000586. The van der Waals surface area contributed by atoms with Crippen LogP contribution in [0.2, 0.25) is 5.02 Å². The van der Waals surface area contributed by atoms with Crippen molar-refractivity contribution in [2.75, 3.05) is 19.6 Å². The van der Waals surface area contributed by atoms with Crippen LogP contribution in [-0.4, -0.2) is 63.1 Å². The third-order valence-electron chi connectivity index (χ3n) is 7.75. The van der Waals surface area contributed by atoms with Gasteiger partial charge in [-0.1, -0.05) is 31.9 Å². The van der Waals surface area contributed by atoms with Crippen LogP contribution in [0.5, 0.6) is 0 Å². The van der Waals surface area contributed by atoms with Crippen molar-refractivity contribution in [1.29, 1.82) is 0 Å². The second-order valence-corrected chi connectivity index (χ2v) is 11.1. The zero-order valence-electron chi connectivity index (χ0n) is 21.9. The van der Waals surface area contributed by atoms with Crippen LogP contribution in [0.1, 0.15) is 87.0 Å². The van der Waals surface area contributed by atoms with Gasteiger partial charge < -0.3 is 9.80 Å². The molecule has 2 aliphatic carbocycles. The minimum Gasteiger partial charge on any atom is -0.339 e. The van der Waals surface area contributed by atoms with Crippen LogP contribution in [0.15, 0.2) is 12.1 Å². The Hall–Kier alpha value is -2.29. The van der Waals surface area contributed by atoms with Gasteiger partial charge in [0.25, 0.3) is 5.91 Å². The van der Waals surface area contributed by atoms with Crippen molar-refractivity contribution in [3.63, 3.8) is 0 Å². The summed E-state index contributed by atoms with van der Waals surface area (Å²) in [5, 5.41) is 4.97. The van der Waals surface area contributed by atoms with Crippen LogP contribution in [0, 0.1) is 18.8 Å². The van der Waals surface area contributed by atoms with Gasteiger partial charge in [-0.2, -0.15) is 18.3 Å². The Kier molecular flexibility index (Phi) is 8.12. The SMILES string of the molecule is CC(F)(F)F.CCC1CC1CCN1CC(CC)N(C(=O)c2nn3c(C)cc(C4CC4)cc3c2Cl)CC1=O. The van der Waals surface area contributed by atoms with Gasteiger partial charge in [-0.05, 0) is 74.5 Å². The maximum Gasteiger partial charge on any atom is 0.386 e. The summed E-state index contributed by atoms with van der Waals surface area (Å²) in [5.74, 6) is 2.01. The quantitative estimate of drug-likeness (QED) is 0.417. The molecule has 2 aromatic heterocycles. The van der Waals surface area contributed by atoms with Crippen molar-refractivity contribution in [1.82, 2.24) is 19.4 Å². The molecule has 0 bridgehead atoms. The van der Waals surface area contributed by atoms with Crippen molar-refractivity contribution in [2.24, 2.45) is 11.8 Å². The van der Waals surface area contributed by atoms with Gasteiger partial charge in [-0.25, -0.2) is 4.52 Å². The predicted octanol–water partition coefficient (Wildman–Crippen LogP) is 6.24. The van der Waals surface area contributed by atoms with Crippen LogP contribution in [-0.2, 0) is 4.79 Å². The Bertz CT molecular complexity index is 1150. The number of aromatic nitrogens is 2. The number of hydrogen-bond acceptors (Lipinski definition) is 3. The lowest BCUT2D eigenvalue weighted by atomic mass is 10.1. The van der Waals surface area contributed by atoms with Gasteiger partial charge in [-0.15, -0.1) is 0 Å². The van der Waals surface area contributed by atoms with Crippen LogP contribution in [0.25, 0.3) is 5.52 Å². The molecule has 3 atom stereocenters. The minimum absolute atomic E-state index is 0.00891. The van der Waals surface area contributed by atoms with E-state index >= 15 is 0 Å². The molecule has 0 radical (unpaired) electrons. The maximum atomic E-state index is 13.5. The highest BCUT2D eigenvalue weighted by Crippen LogP contribution is 2.44. The van der Waals surface area contributed by atoms with Crippen LogP contribution in [0.3, 0.4) is 0 Å². The van der Waals surface area contributed by atoms with E-state index in [9.17, 15) is 22.8 Å². The highest BCUT2D eigenvalue weighted by molar-refractivity contribution is 6.36. The topological polar surface area (TPSA) is 57.9 Å². The lowest BCUT2D eigenvalue weighted by Gasteiger charge is -2.40. The van der Waals surface area contributed by atoms with Gasteiger partial charge in [0, 0.05) is 31.7 Å². The summed E-state index contributed by atoms with van der Waals surface area (Å²) >= 11 is 6.69. The van der Waals surface area contributed by atoms with Crippen molar-refractivity contribution < 1.29 is 22.8 Å². The molecule has 1 aliphatic heterocycles. The van der Waals surface area contributed by atoms with Crippen molar-refractivity contribution in [3.05, 3.63) is 34.1 Å². The summed E-state index contributed by atoms with van der Waals surface area (Å²) in [4.78, 5) is 30.1. The normalized spacial score (nSPS) is 23.8. The highest BCUT2D eigenvalue weighted by atomic mass is 35.5. The van der Waals surface area contributed by atoms with Crippen molar-refractivity contribution in [3.8, 4) is 0 Å². The molecule has 0 aromatic carbocycles. The lowest BCUT2D eigenvalue weighted by Crippen LogP contribution is -2.58. The molecule has 1 saturated heterocycles. The summed E-state index contributed by atoms with van der Waals surface area (Å²) in [6.07, 6.45) is 2.82. The third kappa shape index (κ3) is 6.59. The molecule has 6 nitrogen and oxygen atoms in total. The monoisotopic (exact) mass is 540 g/mol. The first-order valence-electron chi connectivity index (χ1n) is 13.2. The van der Waals surface area contributed by atoms with Crippen molar-refractivity contribution in [2.45, 2.75) is 84.4 Å². The van der Waals surface area contributed by atoms with Crippen LogP contribution in [0.4, 0.5) is 13.2 Å². The van der Waals surface area contributed by atoms with E-state index in [1.54, 1.807) is 9.42 Å². The van der Waals surface area contributed by atoms with Gasteiger partial charge in [0.2, 0.25) is 5.91 Å². The zero-order chi connectivity index (χ0) is 27.1. The summed E-state index contributed by atoms with van der Waals surface area (Å²) in [6, 6.07) is 4.20. The van der Waals surface area contributed by atoms with E-state index in [4.69, 9.17) is 11.6 Å². The van der Waals surface area contributed by atoms with Crippen molar-refractivity contribution >= 4 is 28.9 Å². The van der Waals surface area contributed by atoms with Crippen LogP contribution >= 0.6 is 11.6 Å². The number of carbonyl (C=O) groups excluding carboxylic acids is 2. The minimum atomic E-state index is -4.00. The fourth-order valence-corrected chi connectivity index (χ4v) is 5.60. The average Bonchev–Trinajstić information content (AvgIpc) is 3.75. The Morgan fingerprint density at radius 1 is 1.16 bits per heavy atom. The van der Waals surface area contributed by atoms with Crippen LogP contribution < -0.4 is 0 Å². The second kappa shape index (κ2) is 10.8. The first-order valence-corrected chi connectivity index (χ1v) is 13.6. The number of carbonyl (C=O) groups is 2. The number of fused-ring (bicyclic) bond motifs is 1. The smallest absolute Gasteiger partial charge is 0.339 e. The Morgan fingerprint density at radius 2 is 1.84 bits per heavy atom. The number of hydrogen-bond donors (Lipinski definition) is 0. The molecule has 0 spiro atoms. The molecule has 204 valence electrons. The number of nitrogens with zero attached hydrogens (tertiary/aromatic N) is 4.